The summed E-state index contributed by atoms with van der Waals surface area (Å²) >= 11 is 0. The van der Waals surface area contributed by atoms with Gasteiger partial charge in [-0.25, -0.2) is 9.97 Å². The topological polar surface area (TPSA) is 87.1 Å². The van der Waals surface area contributed by atoms with Crippen molar-refractivity contribution in [3.05, 3.63) is 35.7 Å². The molecule has 0 spiro atoms. The largest absolute Gasteiger partial charge is 0.406 e. The van der Waals surface area contributed by atoms with Gasteiger partial charge in [-0.2, -0.15) is 13.2 Å². The highest BCUT2D eigenvalue weighted by Gasteiger charge is 2.42. The molecule has 2 aromatic rings. The molecule has 6 nitrogen and oxygen atoms in total. The summed E-state index contributed by atoms with van der Waals surface area (Å²) in [6, 6.07) is 3.07. The third-order valence-corrected chi connectivity index (χ3v) is 5.31. The molecule has 0 aliphatic heterocycles. The SMILES string of the molecule is O=C(NC1CC(NC(CO)C(F)(F)F)C1)c1cnc2nc(C3CC3)ccc2c1. The van der Waals surface area contributed by atoms with Gasteiger partial charge in [0.1, 0.15) is 6.04 Å². The number of rotatable bonds is 6. The third kappa shape index (κ3) is 4.10. The standard InChI is InChI=1S/C19H21F3N4O2/c20-19(21,22)16(9-27)24-13-6-14(7-13)25-18(28)12-5-11-3-4-15(10-1-2-10)26-17(11)23-8-12/h3-5,8,10,13-14,16,24,27H,1-2,6-7,9H2,(H,25,28). The monoisotopic (exact) mass is 394 g/mol. The molecule has 2 fully saturated rings. The van der Waals surface area contributed by atoms with Gasteiger partial charge < -0.3 is 15.7 Å². The van der Waals surface area contributed by atoms with E-state index in [1.807, 2.05) is 12.1 Å². The molecule has 150 valence electrons. The van der Waals surface area contributed by atoms with E-state index in [0.29, 0.717) is 30.0 Å². The molecule has 2 aliphatic carbocycles. The number of hydrogen-bond donors (Lipinski definition) is 3. The number of nitrogens with one attached hydrogen (secondary N) is 2. The third-order valence-electron chi connectivity index (χ3n) is 5.31. The Bertz CT molecular complexity index is 879. The highest BCUT2D eigenvalue weighted by atomic mass is 19.4. The maximum Gasteiger partial charge on any atom is 0.406 e. The highest BCUT2D eigenvalue weighted by Crippen LogP contribution is 2.39. The summed E-state index contributed by atoms with van der Waals surface area (Å²) in [6.07, 6.45) is 0.0439. The number of carbonyl (C=O) groups excluding carboxylic acids is 1. The molecule has 1 unspecified atom stereocenters. The second kappa shape index (κ2) is 7.29. The normalized spacial score (nSPS) is 23.3. The van der Waals surface area contributed by atoms with Gasteiger partial charge in [-0.3, -0.25) is 4.79 Å². The zero-order chi connectivity index (χ0) is 19.9. The summed E-state index contributed by atoms with van der Waals surface area (Å²) in [6.45, 7) is -1.00. The van der Waals surface area contributed by atoms with Crippen LogP contribution in [0.2, 0.25) is 0 Å². The van der Waals surface area contributed by atoms with Crippen molar-refractivity contribution in [1.29, 1.82) is 0 Å². The Kier molecular flexibility index (Phi) is 4.96. The maximum atomic E-state index is 12.7. The van der Waals surface area contributed by atoms with Gasteiger partial charge in [-0.15, -0.1) is 0 Å². The second-order valence-corrected chi connectivity index (χ2v) is 7.56. The van der Waals surface area contributed by atoms with E-state index in [-0.39, 0.29) is 18.0 Å². The van der Waals surface area contributed by atoms with Crippen LogP contribution in [0.5, 0.6) is 0 Å². The average Bonchev–Trinajstić information content (AvgIpc) is 3.46. The molecular formula is C19H21F3N4O2. The lowest BCUT2D eigenvalue weighted by Crippen LogP contribution is -2.58. The van der Waals surface area contributed by atoms with Crippen molar-refractivity contribution in [2.45, 2.75) is 55.9 Å². The van der Waals surface area contributed by atoms with E-state index >= 15 is 0 Å². The van der Waals surface area contributed by atoms with Crippen LogP contribution in [0.1, 0.15) is 47.7 Å². The Morgan fingerprint density at radius 3 is 2.64 bits per heavy atom. The summed E-state index contributed by atoms with van der Waals surface area (Å²) < 4.78 is 38.0. The van der Waals surface area contributed by atoms with Gasteiger partial charge in [0.05, 0.1) is 12.2 Å². The lowest BCUT2D eigenvalue weighted by molar-refractivity contribution is -0.167. The molecule has 0 aromatic carbocycles. The average molecular weight is 394 g/mol. The molecule has 2 heterocycles. The van der Waals surface area contributed by atoms with E-state index in [0.717, 1.165) is 23.9 Å². The molecular weight excluding hydrogens is 373 g/mol. The lowest BCUT2D eigenvalue weighted by atomic mass is 9.86. The summed E-state index contributed by atoms with van der Waals surface area (Å²) in [7, 11) is 0. The molecule has 2 saturated carbocycles. The Balaban J connectivity index is 1.32. The van der Waals surface area contributed by atoms with Crippen LogP contribution < -0.4 is 10.6 Å². The van der Waals surface area contributed by atoms with Gasteiger partial charge in [0, 0.05) is 35.3 Å². The number of halogens is 3. The molecule has 2 aromatic heterocycles. The lowest BCUT2D eigenvalue weighted by Gasteiger charge is -2.38. The van der Waals surface area contributed by atoms with E-state index in [1.54, 1.807) is 6.07 Å². The molecule has 2 aliphatic rings. The van der Waals surface area contributed by atoms with Gasteiger partial charge in [0.15, 0.2) is 5.65 Å². The number of aliphatic hydroxyl groups is 1. The minimum absolute atomic E-state index is 0.205. The van der Waals surface area contributed by atoms with E-state index in [4.69, 9.17) is 5.11 Å². The quantitative estimate of drug-likeness (QED) is 0.700. The van der Waals surface area contributed by atoms with Crippen molar-refractivity contribution < 1.29 is 23.1 Å². The van der Waals surface area contributed by atoms with Crippen molar-refractivity contribution in [2.75, 3.05) is 6.61 Å². The van der Waals surface area contributed by atoms with Crippen LogP contribution in [0.3, 0.4) is 0 Å². The van der Waals surface area contributed by atoms with Crippen LogP contribution in [-0.4, -0.2) is 51.9 Å². The first-order valence-corrected chi connectivity index (χ1v) is 9.34. The fraction of sp³-hybridized carbons (Fsp3) is 0.526. The van der Waals surface area contributed by atoms with Crippen molar-refractivity contribution in [2.24, 2.45) is 0 Å². The number of aromatic nitrogens is 2. The number of amides is 1. The molecule has 0 bridgehead atoms. The Morgan fingerprint density at radius 2 is 2.00 bits per heavy atom. The number of alkyl halides is 3. The van der Waals surface area contributed by atoms with E-state index in [2.05, 4.69) is 20.6 Å². The summed E-state index contributed by atoms with van der Waals surface area (Å²) in [4.78, 5) is 21.2. The highest BCUT2D eigenvalue weighted by molar-refractivity contribution is 5.97. The molecule has 4 rings (SSSR count). The maximum absolute atomic E-state index is 12.7. The van der Waals surface area contributed by atoms with Crippen LogP contribution in [0.15, 0.2) is 24.4 Å². The van der Waals surface area contributed by atoms with Crippen molar-refractivity contribution >= 4 is 16.9 Å². The van der Waals surface area contributed by atoms with Crippen molar-refractivity contribution in [1.82, 2.24) is 20.6 Å². The Morgan fingerprint density at radius 1 is 1.25 bits per heavy atom. The Labute approximate surface area is 159 Å². The van der Waals surface area contributed by atoms with Gasteiger partial charge in [-0.05, 0) is 43.9 Å². The number of pyridine rings is 2. The first kappa shape index (κ1) is 19.1. The molecule has 28 heavy (non-hydrogen) atoms. The van der Waals surface area contributed by atoms with Gasteiger partial charge in [0.25, 0.3) is 5.91 Å². The molecule has 0 saturated heterocycles. The fourth-order valence-corrected chi connectivity index (χ4v) is 3.43. The van der Waals surface area contributed by atoms with Gasteiger partial charge in [-0.1, -0.05) is 0 Å². The summed E-state index contributed by atoms with van der Waals surface area (Å²) in [5.41, 5.74) is 2.04. The fourth-order valence-electron chi connectivity index (χ4n) is 3.43. The molecule has 0 radical (unpaired) electrons. The van der Waals surface area contributed by atoms with Crippen LogP contribution in [0.4, 0.5) is 13.2 Å². The van der Waals surface area contributed by atoms with Crippen LogP contribution in [-0.2, 0) is 0 Å². The number of carbonyl (C=O) groups is 1. The van der Waals surface area contributed by atoms with Gasteiger partial charge in [0.2, 0.25) is 0 Å². The Hall–Kier alpha value is -2.26. The number of nitrogens with zero attached hydrogens (tertiary/aromatic N) is 2. The molecule has 3 N–H and O–H groups in total. The van der Waals surface area contributed by atoms with Crippen molar-refractivity contribution in [3.63, 3.8) is 0 Å². The molecule has 9 heteroatoms. The number of hydrogen-bond acceptors (Lipinski definition) is 5. The summed E-state index contributed by atoms with van der Waals surface area (Å²) in [5, 5.41) is 14.8. The van der Waals surface area contributed by atoms with E-state index < -0.39 is 18.8 Å². The van der Waals surface area contributed by atoms with Crippen LogP contribution in [0, 0.1) is 0 Å². The zero-order valence-electron chi connectivity index (χ0n) is 15.0. The number of fused-ring (bicyclic) bond motifs is 1. The molecule has 1 atom stereocenters. The van der Waals surface area contributed by atoms with Gasteiger partial charge >= 0.3 is 6.18 Å². The van der Waals surface area contributed by atoms with Crippen LogP contribution in [0.25, 0.3) is 11.0 Å². The zero-order valence-corrected chi connectivity index (χ0v) is 15.0. The predicted molar refractivity (Wildman–Crippen MR) is 95.9 cm³/mol. The minimum atomic E-state index is -4.49. The number of aliphatic hydroxyl groups excluding tert-OH is 1. The predicted octanol–water partition coefficient (Wildman–Crippen LogP) is 2.28. The van der Waals surface area contributed by atoms with E-state index in [9.17, 15) is 18.0 Å². The minimum Gasteiger partial charge on any atom is -0.394 e. The smallest absolute Gasteiger partial charge is 0.394 e. The van der Waals surface area contributed by atoms with E-state index in [1.165, 1.54) is 6.20 Å². The van der Waals surface area contributed by atoms with Crippen LogP contribution >= 0.6 is 0 Å². The van der Waals surface area contributed by atoms with Crippen molar-refractivity contribution in [3.8, 4) is 0 Å². The first-order valence-electron chi connectivity index (χ1n) is 9.34. The molecule has 1 amide bonds. The summed E-state index contributed by atoms with van der Waals surface area (Å²) in [5.74, 6) is 0.218. The second-order valence-electron chi connectivity index (χ2n) is 7.56. The first-order chi connectivity index (χ1) is 13.3.